The number of hydrogen-bond acceptors (Lipinski definition) is 6. The molecule has 39 heavy (non-hydrogen) atoms. The van der Waals surface area contributed by atoms with Gasteiger partial charge in [-0.05, 0) is 62.6 Å². The van der Waals surface area contributed by atoms with Gasteiger partial charge in [-0.3, -0.25) is 19.8 Å². The maximum absolute atomic E-state index is 13.7. The summed E-state index contributed by atoms with van der Waals surface area (Å²) in [5.41, 5.74) is 2.29. The van der Waals surface area contributed by atoms with Crippen LogP contribution in [0.1, 0.15) is 61.0 Å². The molecular weight excluding hydrogens is 512 g/mol. The number of carbonyl (C=O) groups excluding carboxylic acids is 3. The molecule has 0 spiro atoms. The molecule has 2 aromatic rings. The maximum Gasteiger partial charge on any atom is 0.324 e. The molecule has 0 aliphatic carbocycles. The number of nitrogens with zero attached hydrogens (tertiary/aromatic N) is 3. The van der Waals surface area contributed by atoms with Crippen LogP contribution in [0.5, 0.6) is 0 Å². The van der Waals surface area contributed by atoms with Crippen molar-refractivity contribution in [3.63, 3.8) is 0 Å². The molecule has 0 atom stereocenters. The van der Waals surface area contributed by atoms with Crippen molar-refractivity contribution < 1.29 is 14.4 Å². The molecule has 2 saturated heterocycles. The van der Waals surface area contributed by atoms with Crippen molar-refractivity contribution in [2.24, 2.45) is 0 Å². The van der Waals surface area contributed by atoms with E-state index in [2.05, 4.69) is 60.5 Å². The van der Waals surface area contributed by atoms with E-state index >= 15 is 0 Å². The summed E-state index contributed by atoms with van der Waals surface area (Å²) in [6, 6.07) is 7.41. The van der Waals surface area contributed by atoms with E-state index in [4.69, 9.17) is 0 Å². The minimum Gasteiger partial charge on any atom is -0.352 e. The molecule has 4 rings (SSSR count). The number of aryl methyl sites for hydroxylation is 1. The minimum atomic E-state index is -0.985. The molecule has 2 fully saturated rings. The number of anilines is 2. The largest absolute Gasteiger partial charge is 0.352 e. The van der Waals surface area contributed by atoms with Gasteiger partial charge in [0.05, 0.1) is 5.56 Å². The number of rotatable bonds is 5. The summed E-state index contributed by atoms with van der Waals surface area (Å²) >= 11 is 1.40. The first-order valence-corrected chi connectivity index (χ1v) is 14.4. The Morgan fingerprint density at radius 3 is 2.41 bits per heavy atom. The van der Waals surface area contributed by atoms with Gasteiger partial charge in [0.15, 0.2) is 0 Å². The van der Waals surface area contributed by atoms with E-state index in [9.17, 15) is 14.4 Å². The van der Waals surface area contributed by atoms with Crippen molar-refractivity contribution in [2.45, 2.75) is 59.0 Å². The first-order chi connectivity index (χ1) is 18.3. The summed E-state index contributed by atoms with van der Waals surface area (Å²) in [4.78, 5) is 46.7. The monoisotopic (exact) mass is 554 g/mol. The van der Waals surface area contributed by atoms with Crippen LogP contribution in [0.15, 0.2) is 24.3 Å². The van der Waals surface area contributed by atoms with Gasteiger partial charge in [-0.1, -0.05) is 26.8 Å². The second-order valence-electron chi connectivity index (χ2n) is 12.2. The SMILES string of the molecule is Cc1ccc(NC(=O)Nc2sc(C(C)(C)C)cc2C(=O)N2CCNC(=O)C2(C)C)cc1CN1CCN(C)CC1. The second kappa shape index (κ2) is 11.3. The average Bonchev–Trinajstić information content (AvgIpc) is 3.28. The fourth-order valence-corrected chi connectivity index (χ4v) is 5.95. The van der Waals surface area contributed by atoms with Crippen molar-refractivity contribution in [1.29, 1.82) is 0 Å². The second-order valence-corrected chi connectivity index (χ2v) is 13.2. The predicted octanol–water partition coefficient (Wildman–Crippen LogP) is 4.10. The number of benzene rings is 1. The lowest BCUT2D eigenvalue weighted by molar-refractivity contribution is -0.133. The Morgan fingerprint density at radius 1 is 1.05 bits per heavy atom. The van der Waals surface area contributed by atoms with Crippen LogP contribution in [0.4, 0.5) is 15.5 Å². The van der Waals surface area contributed by atoms with Crippen molar-refractivity contribution in [3.05, 3.63) is 45.8 Å². The van der Waals surface area contributed by atoms with Crippen LogP contribution in [0.2, 0.25) is 0 Å². The van der Waals surface area contributed by atoms with Gasteiger partial charge in [0.25, 0.3) is 5.91 Å². The van der Waals surface area contributed by atoms with Crippen LogP contribution in [0.25, 0.3) is 0 Å². The molecule has 0 radical (unpaired) electrons. The number of piperazine rings is 2. The van der Waals surface area contributed by atoms with E-state index in [1.807, 2.05) is 24.3 Å². The molecule has 4 amide bonds. The Morgan fingerprint density at radius 2 is 1.74 bits per heavy atom. The first kappa shape index (κ1) is 29.0. The van der Waals surface area contributed by atoms with Gasteiger partial charge in [-0.15, -0.1) is 11.3 Å². The minimum absolute atomic E-state index is 0.188. The summed E-state index contributed by atoms with van der Waals surface area (Å²) in [5.74, 6) is -0.450. The van der Waals surface area contributed by atoms with Crippen LogP contribution in [0, 0.1) is 6.92 Å². The topological polar surface area (TPSA) is 97.0 Å². The van der Waals surface area contributed by atoms with Gasteiger partial charge < -0.3 is 20.4 Å². The van der Waals surface area contributed by atoms with Crippen LogP contribution >= 0.6 is 11.3 Å². The third-order valence-electron chi connectivity index (χ3n) is 7.62. The highest BCUT2D eigenvalue weighted by atomic mass is 32.1. The summed E-state index contributed by atoms with van der Waals surface area (Å²) in [7, 11) is 2.15. The summed E-state index contributed by atoms with van der Waals surface area (Å²) in [6.07, 6.45) is 0. The van der Waals surface area contributed by atoms with E-state index in [0.29, 0.717) is 29.3 Å². The Labute approximate surface area is 235 Å². The fraction of sp³-hybridized carbons (Fsp3) is 0.552. The normalized spacial score (nSPS) is 18.5. The number of carbonyl (C=O) groups is 3. The number of urea groups is 1. The maximum atomic E-state index is 13.7. The van der Waals surface area contributed by atoms with Crippen LogP contribution in [-0.2, 0) is 16.8 Å². The van der Waals surface area contributed by atoms with E-state index in [0.717, 1.165) is 37.6 Å². The molecule has 0 bridgehead atoms. The first-order valence-electron chi connectivity index (χ1n) is 13.6. The average molecular weight is 555 g/mol. The van der Waals surface area contributed by atoms with E-state index in [-0.39, 0.29) is 17.2 Å². The van der Waals surface area contributed by atoms with E-state index < -0.39 is 11.6 Å². The number of likely N-dealkylation sites (N-methyl/N-ethyl adjacent to an activating group) is 1. The third kappa shape index (κ3) is 6.62. The molecule has 10 heteroatoms. The van der Waals surface area contributed by atoms with Gasteiger partial charge in [-0.25, -0.2) is 4.79 Å². The number of amides is 4. The standard InChI is InChI=1S/C29H42N6O3S/c1-19-8-9-21(16-20(19)18-34-14-12-33(7)13-15-34)31-27(38)32-24-22(17-23(39-24)28(2,3)4)25(36)35-11-10-30-26(37)29(35,5)6/h8-9,16-17H,10-15,18H2,1-7H3,(H,30,37)(H2,31,32,38). The van der Waals surface area contributed by atoms with Gasteiger partial charge >= 0.3 is 6.03 Å². The highest BCUT2D eigenvalue weighted by Crippen LogP contribution is 2.38. The fourth-order valence-electron chi connectivity index (χ4n) is 4.84. The quantitative estimate of drug-likeness (QED) is 0.517. The molecule has 1 aromatic heterocycles. The number of hydrogen-bond donors (Lipinski definition) is 3. The molecule has 3 N–H and O–H groups in total. The van der Waals surface area contributed by atoms with Crippen LogP contribution < -0.4 is 16.0 Å². The Balaban J connectivity index is 1.52. The summed E-state index contributed by atoms with van der Waals surface area (Å²) < 4.78 is 0. The zero-order valence-electron chi connectivity index (χ0n) is 24.2. The van der Waals surface area contributed by atoms with Gasteiger partial charge in [-0.2, -0.15) is 0 Å². The highest BCUT2D eigenvalue weighted by molar-refractivity contribution is 7.16. The smallest absolute Gasteiger partial charge is 0.324 e. The van der Waals surface area contributed by atoms with Crippen molar-refractivity contribution in [2.75, 3.05) is 56.9 Å². The molecule has 9 nitrogen and oxygen atoms in total. The lowest BCUT2D eigenvalue weighted by Gasteiger charge is -2.41. The molecule has 1 aromatic carbocycles. The summed E-state index contributed by atoms with van der Waals surface area (Å²) in [5, 5.41) is 9.21. The number of nitrogens with one attached hydrogen (secondary N) is 3. The molecule has 212 valence electrons. The van der Waals surface area contributed by atoms with Crippen LogP contribution in [0.3, 0.4) is 0 Å². The number of thiophene rings is 1. The highest BCUT2D eigenvalue weighted by Gasteiger charge is 2.42. The molecular formula is C29H42N6O3S. The predicted molar refractivity (Wildman–Crippen MR) is 158 cm³/mol. The Bertz CT molecular complexity index is 1240. The van der Waals surface area contributed by atoms with Gasteiger partial charge in [0.2, 0.25) is 5.91 Å². The summed E-state index contributed by atoms with van der Waals surface area (Å²) in [6.45, 7) is 17.6. The molecule has 0 saturated carbocycles. The Kier molecular flexibility index (Phi) is 8.39. The molecule has 3 heterocycles. The lowest BCUT2D eigenvalue weighted by atomic mass is 9.93. The zero-order chi connectivity index (χ0) is 28.5. The third-order valence-corrected chi connectivity index (χ3v) is 9.10. The van der Waals surface area contributed by atoms with Gasteiger partial charge in [0.1, 0.15) is 10.5 Å². The lowest BCUT2D eigenvalue weighted by Crippen LogP contribution is -2.63. The zero-order valence-corrected chi connectivity index (χ0v) is 25.1. The van der Waals surface area contributed by atoms with Crippen molar-refractivity contribution in [1.82, 2.24) is 20.0 Å². The van der Waals surface area contributed by atoms with Crippen molar-refractivity contribution >= 4 is 39.9 Å². The van der Waals surface area contributed by atoms with Crippen LogP contribution in [-0.4, -0.2) is 84.4 Å². The molecule has 2 aliphatic heterocycles. The van der Waals surface area contributed by atoms with Crippen molar-refractivity contribution in [3.8, 4) is 0 Å². The van der Waals surface area contributed by atoms with Gasteiger partial charge in [0, 0.05) is 56.4 Å². The van der Waals surface area contributed by atoms with E-state index in [1.54, 1.807) is 18.7 Å². The Hall–Kier alpha value is -2.95. The molecule has 0 unspecified atom stereocenters. The van der Waals surface area contributed by atoms with E-state index in [1.165, 1.54) is 22.5 Å². The molecule has 2 aliphatic rings.